The first-order chi connectivity index (χ1) is 13.5. The number of nitrogens with zero attached hydrogens (tertiary/aromatic N) is 2. The smallest absolute Gasteiger partial charge is 0.292 e. The number of carbonyl (C=O) groups is 1. The van der Waals surface area contributed by atoms with Gasteiger partial charge in [0, 0.05) is 30.5 Å². The van der Waals surface area contributed by atoms with E-state index in [4.69, 9.17) is 0 Å². The molecular weight excluding hydrogens is 356 g/mol. The van der Waals surface area contributed by atoms with Gasteiger partial charge in [-0.1, -0.05) is 25.0 Å². The first-order valence-corrected chi connectivity index (χ1v) is 9.70. The second-order valence-electron chi connectivity index (χ2n) is 7.08. The highest BCUT2D eigenvalue weighted by Gasteiger charge is 2.19. The number of nitro benzene ring substituents is 1. The van der Waals surface area contributed by atoms with Crippen molar-refractivity contribution in [1.82, 2.24) is 0 Å². The molecule has 0 bridgehead atoms. The molecule has 0 spiro atoms. The van der Waals surface area contributed by atoms with Gasteiger partial charge in [-0.15, -0.1) is 0 Å². The van der Waals surface area contributed by atoms with E-state index in [1.807, 2.05) is 12.1 Å². The summed E-state index contributed by atoms with van der Waals surface area (Å²) in [5, 5.41) is 16.9. The van der Waals surface area contributed by atoms with Gasteiger partial charge < -0.3 is 15.5 Å². The Morgan fingerprint density at radius 2 is 1.68 bits per heavy atom. The van der Waals surface area contributed by atoms with Crippen LogP contribution in [0.4, 0.5) is 22.7 Å². The average Bonchev–Trinajstić information content (AvgIpc) is 2.98. The van der Waals surface area contributed by atoms with E-state index in [1.54, 1.807) is 19.1 Å². The molecule has 148 valence electrons. The largest absolute Gasteiger partial charge is 0.374 e. The van der Waals surface area contributed by atoms with Crippen molar-refractivity contribution in [1.29, 1.82) is 0 Å². The van der Waals surface area contributed by atoms with Crippen molar-refractivity contribution >= 4 is 28.7 Å². The van der Waals surface area contributed by atoms with E-state index in [9.17, 15) is 14.9 Å². The van der Waals surface area contributed by atoms with E-state index < -0.39 is 11.0 Å². The summed E-state index contributed by atoms with van der Waals surface area (Å²) in [6.45, 7) is 3.90. The second kappa shape index (κ2) is 9.21. The number of anilines is 3. The van der Waals surface area contributed by atoms with Crippen LogP contribution in [0.5, 0.6) is 0 Å². The van der Waals surface area contributed by atoms with Gasteiger partial charge in [-0.05, 0) is 50.1 Å². The molecule has 0 unspecified atom stereocenters. The Hall–Kier alpha value is -3.09. The summed E-state index contributed by atoms with van der Waals surface area (Å²) in [6, 6.07) is 13.7. The summed E-state index contributed by atoms with van der Waals surface area (Å²) in [5.41, 5.74) is 2.11. The highest BCUT2D eigenvalue weighted by atomic mass is 16.6. The third-order valence-corrected chi connectivity index (χ3v) is 4.97. The fraction of sp³-hybridized carbons (Fsp3) is 0.381. The summed E-state index contributed by atoms with van der Waals surface area (Å²) in [5.74, 6) is -0.328. The Balaban J connectivity index is 1.60. The molecule has 1 heterocycles. The SMILES string of the molecule is C[C@H](Nc1ccc(N2CCCCCC2)cc1)C(=O)Nc1ccccc1[N+](=O)[O-]. The molecule has 0 saturated carbocycles. The Labute approximate surface area is 164 Å². The summed E-state index contributed by atoms with van der Waals surface area (Å²) in [7, 11) is 0. The van der Waals surface area contributed by atoms with Crippen LogP contribution in [-0.4, -0.2) is 30.0 Å². The molecule has 1 aliphatic rings. The number of hydrogen-bond donors (Lipinski definition) is 2. The molecule has 7 nitrogen and oxygen atoms in total. The fourth-order valence-electron chi connectivity index (χ4n) is 3.39. The maximum atomic E-state index is 12.4. The number of amides is 1. The summed E-state index contributed by atoms with van der Waals surface area (Å²) in [4.78, 5) is 25.4. The van der Waals surface area contributed by atoms with Gasteiger partial charge in [0.1, 0.15) is 11.7 Å². The van der Waals surface area contributed by atoms with E-state index in [0.717, 1.165) is 18.8 Å². The number of nitro groups is 1. The minimum Gasteiger partial charge on any atom is -0.374 e. The van der Waals surface area contributed by atoms with Crippen LogP contribution in [-0.2, 0) is 4.79 Å². The first kappa shape index (κ1) is 19.7. The van der Waals surface area contributed by atoms with Gasteiger partial charge in [-0.25, -0.2) is 0 Å². The molecule has 2 aromatic carbocycles. The van der Waals surface area contributed by atoms with E-state index in [-0.39, 0.29) is 17.3 Å². The van der Waals surface area contributed by atoms with E-state index in [0.29, 0.717) is 0 Å². The fourth-order valence-corrected chi connectivity index (χ4v) is 3.39. The van der Waals surface area contributed by atoms with Crippen LogP contribution in [0, 0.1) is 10.1 Å². The van der Waals surface area contributed by atoms with Crippen molar-refractivity contribution < 1.29 is 9.72 Å². The number of para-hydroxylation sites is 2. The van der Waals surface area contributed by atoms with Gasteiger partial charge in [0.2, 0.25) is 5.91 Å². The summed E-state index contributed by atoms with van der Waals surface area (Å²) in [6.07, 6.45) is 5.04. The molecule has 1 saturated heterocycles. The molecule has 0 radical (unpaired) electrons. The number of carbonyl (C=O) groups excluding carboxylic acids is 1. The van der Waals surface area contributed by atoms with Crippen LogP contribution < -0.4 is 15.5 Å². The molecule has 1 fully saturated rings. The Bertz CT molecular complexity index is 815. The maximum Gasteiger partial charge on any atom is 0.292 e. The van der Waals surface area contributed by atoms with Gasteiger partial charge in [0.25, 0.3) is 5.69 Å². The number of nitrogens with one attached hydrogen (secondary N) is 2. The van der Waals surface area contributed by atoms with E-state index >= 15 is 0 Å². The number of hydrogen-bond acceptors (Lipinski definition) is 5. The molecule has 0 aliphatic carbocycles. The van der Waals surface area contributed by atoms with Crippen molar-refractivity contribution in [2.24, 2.45) is 0 Å². The standard InChI is InChI=1S/C21H26N4O3/c1-16(21(26)23-19-8-4-5-9-20(19)25(27)28)22-17-10-12-18(13-11-17)24-14-6-2-3-7-15-24/h4-5,8-13,16,22H,2-3,6-7,14-15H2,1H3,(H,23,26)/t16-/m0/s1. The van der Waals surface area contributed by atoms with Gasteiger partial charge in [0.05, 0.1) is 4.92 Å². The molecular formula is C21H26N4O3. The average molecular weight is 382 g/mol. The van der Waals surface area contributed by atoms with Crippen LogP contribution in [0.25, 0.3) is 0 Å². The predicted octanol–water partition coefficient (Wildman–Crippen LogP) is 4.41. The van der Waals surface area contributed by atoms with E-state index in [1.165, 1.54) is 43.5 Å². The zero-order valence-electron chi connectivity index (χ0n) is 16.1. The molecule has 2 aromatic rings. The Kier molecular flexibility index (Phi) is 6.47. The van der Waals surface area contributed by atoms with Gasteiger partial charge in [-0.3, -0.25) is 14.9 Å². The van der Waals surface area contributed by atoms with Crippen LogP contribution in [0.1, 0.15) is 32.6 Å². The molecule has 0 aromatic heterocycles. The quantitative estimate of drug-likeness (QED) is 0.571. The highest BCUT2D eigenvalue weighted by molar-refractivity contribution is 5.98. The molecule has 1 amide bonds. The van der Waals surface area contributed by atoms with Crippen molar-refractivity contribution in [2.45, 2.75) is 38.6 Å². The normalized spacial score (nSPS) is 15.4. The molecule has 1 aliphatic heterocycles. The lowest BCUT2D eigenvalue weighted by Gasteiger charge is -2.23. The molecule has 7 heteroatoms. The van der Waals surface area contributed by atoms with Crippen molar-refractivity contribution in [3.8, 4) is 0 Å². The molecule has 1 atom stereocenters. The van der Waals surface area contributed by atoms with Crippen LogP contribution in [0.15, 0.2) is 48.5 Å². The topological polar surface area (TPSA) is 87.5 Å². The highest BCUT2D eigenvalue weighted by Crippen LogP contribution is 2.24. The number of rotatable bonds is 6. The summed E-state index contributed by atoms with van der Waals surface area (Å²) < 4.78 is 0. The minimum absolute atomic E-state index is 0.121. The molecule has 28 heavy (non-hydrogen) atoms. The maximum absolute atomic E-state index is 12.4. The van der Waals surface area contributed by atoms with Crippen LogP contribution >= 0.6 is 0 Å². The number of benzene rings is 2. The van der Waals surface area contributed by atoms with Gasteiger partial charge in [0.15, 0.2) is 0 Å². The Morgan fingerprint density at radius 1 is 1.04 bits per heavy atom. The van der Waals surface area contributed by atoms with Crippen molar-refractivity contribution in [2.75, 3.05) is 28.6 Å². The second-order valence-corrected chi connectivity index (χ2v) is 7.08. The summed E-state index contributed by atoms with van der Waals surface area (Å²) >= 11 is 0. The third kappa shape index (κ3) is 5.00. The lowest BCUT2D eigenvalue weighted by molar-refractivity contribution is -0.383. The minimum atomic E-state index is -0.538. The zero-order valence-corrected chi connectivity index (χ0v) is 16.1. The zero-order chi connectivity index (χ0) is 19.9. The van der Waals surface area contributed by atoms with E-state index in [2.05, 4.69) is 27.7 Å². The van der Waals surface area contributed by atoms with Crippen LogP contribution in [0.3, 0.4) is 0 Å². The monoisotopic (exact) mass is 382 g/mol. The van der Waals surface area contributed by atoms with Crippen LogP contribution in [0.2, 0.25) is 0 Å². The predicted molar refractivity (Wildman–Crippen MR) is 112 cm³/mol. The van der Waals surface area contributed by atoms with Crippen molar-refractivity contribution in [3.63, 3.8) is 0 Å². The van der Waals surface area contributed by atoms with Gasteiger partial charge >= 0.3 is 0 Å². The van der Waals surface area contributed by atoms with Gasteiger partial charge in [-0.2, -0.15) is 0 Å². The molecule has 3 rings (SSSR count). The van der Waals surface area contributed by atoms with Crippen molar-refractivity contribution in [3.05, 3.63) is 58.6 Å². The first-order valence-electron chi connectivity index (χ1n) is 9.70. The lowest BCUT2D eigenvalue weighted by atomic mass is 10.2. The Morgan fingerprint density at radius 3 is 2.32 bits per heavy atom. The molecule has 2 N–H and O–H groups in total. The third-order valence-electron chi connectivity index (χ3n) is 4.97. The lowest BCUT2D eigenvalue weighted by Crippen LogP contribution is -2.32.